The first-order valence-electron chi connectivity index (χ1n) is 10.0. The van der Waals surface area contributed by atoms with Crippen LogP contribution in [0, 0.1) is 15.9 Å². The SMILES string of the molecule is CCC(=O)NC1=[N+]2c3ccc([N+](=O)[O-])cc3C(c3ccccc3F)=NCC2N(CC)N1. The zero-order chi connectivity index (χ0) is 22.1. The number of nitrogens with one attached hydrogen (secondary N) is 2. The molecule has 1 unspecified atom stereocenters. The zero-order valence-corrected chi connectivity index (χ0v) is 17.1. The first-order chi connectivity index (χ1) is 14.9. The lowest BCUT2D eigenvalue weighted by atomic mass is 9.99. The van der Waals surface area contributed by atoms with E-state index in [1.165, 1.54) is 18.2 Å². The van der Waals surface area contributed by atoms with Gasteiger partial charge in [-0.15, -0.1) is 5.01 Å². The summed E-state index contributed by atoms with van der Waals surface area (Å²) in [5, 5.41) is 16.2. The number of benzene rings is 2. The summed E-state index contributed by atoms with van der Waals surface area (Å²) in [5.74, 6) is -0.198. The van der Waals surface area contributed by atoms with E-state index in [2.05, 4.69) is 15.7 Å². The van der Waals surface area contributed by atoms with Gasteiger partial charge in [-0.3, -0.25) is 19.9 Å². The lowest BCUT2D eigenvalue weighted by Crippen LogP contribution is -2.46. The molecule has 0 aliphatic carbocycles. The summed E-state index contributed by atoms with van der Waals surface area (Å²) in [4.78, 5) is 27.8. The van der Waals surface area contributed by atoms with Gasteiger partial charge in [0.2, 0.25) is 0 Å². The van der Waals surface area contributed by atoms with Crippen molar-refractivity contribution in [2.45, 2.75) is 26.4 Å². The zero-order valence-electron chi connectivity index (χ0n) is 17.1. The molecule has 0 aromatic heterocycles. The normalized spacial score (nSPS) is 17.9. The molecule has 0 spiro atoms. The molecule has 4 rings (SSSR count). The Labute approximate surface area is 178 Å². The number of nitro groups is 1. The molecule has 31 heavy (non-hydrogen) atoms. The van der Waals surface area contributed by atoms with Crippen molar-refractivity contribution in [3.05, 3.63) is 69.5 Å². The standard InChI is InChI=1S/C21H21FN6O3/c1-3-18(29)24-21-25-26(4-2)19-12-23-20(14-7-5-6-8-16(14)22)15-11-13(28(30)31)9-10-17(15)27(19)21/h5-11,19H,3-4,12H2,1-2H3,(H,24,25,29)/p+1. The van der Waals surface area contributed by atoms with Crippen molar-refractivity contribution in [3.63, 3.8) is 0 Å². The highest BCUT2D eigenvalue weighted by Crippen LogP contribution is 2.33. The number of guanidine groups is 1. The van der Waals surface area contributed by atoms with E-state index in [0.29, 0.717) is 35.9 Å². The van der Waals surface area contributed by atoms with Crippen LogP contribution in [-0.4, -0.2) is 51.3 Å². The summed E-state index contributed by atoms with van der Waals surface area (Å²) in [5.41, 5.74) is 4.67. The Morgan fingerprint density at radius 2 is 2.10 bits per heavy atom. The average molecular weight is 425 g/mol. The molecule has 0 radical (unpaired) electrons. The number of carbonyl (C=O) groups excluding carboxylic acids is 1. The van der Waals surface area contributed by atoms with E-state index >= 15 is 0 Å². The lowest BCUT2D eigenvalue weighted by Gasteiger charge is -2.18. The molecule has 0 saturated carbocycles. The largest absolute Gasteiger partial charge is 0.377 e. The molecule has 160 valence electrons. The van der Waals surface area contributed by atoms with Crippen molar-refractivity contribution in [2.24, 2.45) is 4.99 Å². The summed E-state index contributed by atoms with van der Waals surface area (Å²) in [6.45, 7) is 4.58. The fourth-order valence-corrected chi connectivity index (χ4v) is 3.79. The number of hydrogen-bond donors (Lipinski definition) is 2. The lowest BCUT2D eigenvalue weighted by molar-refractivity contribution is -0.497. The number of hydrogen-bond acceptors (Lipinski definition) is 6. The molecule has 2 aromatic carbocycles. The molecular weight excluding hydrogens is 403 g/mol. The number of likely N-dealkylation sites (N-methyl/N-ethyl adjacent to an activating group) is 1. The van der Waals surface area contributed by atoms with Crippen molar-refractivity contribution >= 4 is 29.0 Å². The van der Waals surface area contributed by atoms with Crippen LogP contribution in [-0.2, 0) is 4.79 Å². The maximum atomic E-state index is 14.7. The molecule has 1 atom stereocenters. The van der Waals surface area contributed by atoms with Crippen LogP contribution in [0.4, 0.5) is 15.8 Å². The summed E-state index contributed by atoms with van der Waals surface area (Å²) >= 11 is 0. The first kappa shape index (κ1) is 20.6. The van der Waals surface area contributed by atoms with Crippen LogP contribution in [0.3, 0.4) is 0 Å². The Kier molecular flexibility index (Phi) is 5.47. The number of aliphatic imine (C=N–C) groups is 1. The van der Waals surface area contributed by atoms with Crippen molar-refractivity contribution in [1.82, 2.24) is 15.8 Å². The van der Waals surface area contributed by atoms with Gasteiger partial charge in [0.05, 0.1) is 17.2 Å². The van der Waals surface area contributed by atoms with E-state index < -0.39 is 10.7 Å². The predicted octanol–water partition coefficient (Wildman–Crippen LogP) is 2.28. The number of halogens is 1. The van der Waals surface area contributed by atoms with E-state index in [1.807, 2.05) is 16.5 Å². The molecule has 1 amide bonds. The molecule has 0 fully saturated rings. The second-order valence-electron chi connectivity index (χ2n) is 7.13. The number of non-ortho nitro benzene ring substituents is 1. The molecule has 9 nitrogen and oxygen atoms in total. The molecular formula is C21H22FN6O3+. The third kappa shape index (κ3) is 3.66. The Balaban J connectivity index is 1.97. The highest BCUT2D eigenvalue weighted by molar-refractivity contribution is 6.16. The molecule has 2 N–H and O–H groups in total. The molecule has 0 bridgehead atoms. The molecule has 10 heteroatoms. The van der Waals surface area contributed by atoms with Gasteiger partial charge in [0.25, 0.3) is 11.6 Å². The van der Waals surface area contributed by atoms with Crippen LogP contribution < -0.4 is 10.7 Å². The Morgan fingerprint density at radius 3 is 2.77 bits per heavy atom. The van der Waals surface area contributed by atoms with Crippen LogP contribution >= 0.6 is 0 Å². The molecule has 2 heterocycles. The Morgan fingerprint density at radius 1 is 1.32 bits per heavy atom. The molecule has 2 aliphatic rings. The number of amides is 1. The number of rotatable bonds is 4. The highest BCUT2D eigenvalue weighted by atomic mass is 19.1. The average Bonchev–Trinajstić information content (AvgIpc) is 3.01. The number of carbonyl (C=O) groups is 1. The maximum Gasteiger partial charge on any atom is 0.377 e. The van der Waals surface area contributed by atoms with Gasteiger partial charge in [-0.05, 0) is 25.1 Å². The van der Waals surface area contributed by atoms with Crippen LogP contribution in [0.2, 0.25) is 0 Å². The fraction of sp³-hybridized carbons (Fsp3) is 0.286. The monoisotopic (exact) mass is 425 g/mol. The number of hydrazine groups is 1. The van der Waals surface area contributed by atoms with Gasteiger partial charge in [-0.2, -0.15) is 5.43 Å². The van der Waals surface area contributed by atoms with Crippen LogP contribution in [0.1, 0.15) is 31.4 Å². The van der Waals surface area contributed by atoms with E-state index in [0.717, 1.165) is 0 Å². The van der Waals surface area contributed by atoms with Gasteiger partial charge in [-0.1, -0.05) is 19.1 Å². The van der Waals surface area contributed by atoms with Crippen molar-refractivity contribution in [2.75, 3.05) is 13.1 Å². The Hall–Kier alpha value is -3.66. The van der Waals surface area contributed by atoms with E-state index in [1.54, 1.807) is 31.2 Å². The third-order valence-electron chi connectivity index (χ3n) is 5.32. The van der Waals surface area contributed by atoms with Gasteiger partial charge in [0.15, 0.2) is 6.17 Å². The van der Waals surface area contributed by atoms with Gasteiger partial charge >= 0.3 is 5.96 Å². The molecule has 2 aliphatic heterocycles. The quantitative estimate of drug-likeness (QED) is 0.445. The maximum absolute atomic E-state index is 14.7. The Bertz CT molecular complexity index is 1130. The minimum atomic E-state index is -0.494. The predicted molar refractivity (Wildman–Crippen MR) is 113 cm³/mol. The van der Waals surface area contributed by atoms with Crippen molar-refractivity contribution < 1.29 is 18.7 Å². The number of nitro benzene ring substituents is 1. The van der Waals surface area contributed by atoms with Crippen molar-refractivity contribution in [3.8, 4) is 0 Å². The summed E-state index contributed by atoms with van der Waals surface area (Å²) in [7, 11) is 0. The van der Waals surface area contributed by atoms with Crippen LogP contribution in [0.15, 0.2) is 47.5 Å². The van der Waals surface area contributed by atoms with Gasteiger partial charge < -0.3 is 0 Å². The van der Waals surface area contributed by atoms with Gasteiger partial charge in [-0.25, -0.2) is 14.3 Å². The number of fused-ring (bicyclic) bond motifs is 3. The second kappa shape index (κ2) is 8.23. The fourth-order valence-electron chi connectivity index (χ4n) is 3.79. The van der Waals surface area contributed by atoms with E-state index in [9.17, 15) is 19.3 Å². The van der Waals surface area contributed by atoms with Crippen LogP contribution in [0.25, 0.3) is 0 Å². The minimum Gasteiger partial charge on any atom is -0.279 e. The topological polar surface area (TPSA) is 103 Å². The van der Waals surface area contributed by atoms with E-state index in [-0.39, 0.29) is 29.9 Å². The summed E-state index contributed by atoms with van der Waals surface area (Å²) in [6.07, 6.45) is -0.0125. The van der Waals surface area contributed by atoms with Gasteiger partial charge in [0.1, 0.15) is 11.5 Å². The highest BCUT2D eigenvalue weighted by Gasteiger charge is 2.42. The second-order valence-corrected chi connectivity index (χ2v) is 7.13. The smallest absolute Gasteiger partial charge is 0.279 e. The molecule has 0 saturated heterocycles. The van der Waals surface area contributed by atoms with Crippen LogP contribution in [0.5, 0.6) is 0 Å². The first-order valence-corrected chi connectivity index (χ1v) is 10.0. The summed E-state index contributed by atoms with van der Waals surface area (Å²) in [6, 6.07) is 10.6. The minimum absolute atomic E-state index is 0.125. The number of nitrogens with zero attached hydrogens (tertiary/aromatic N) is 4. The van der Waals surface area contributed by atoms with Gasteiger partial charge in [0, 0.05) is 36.2 Å². The van der Waals surface area contributed by atoms with E-state index in [4.69, 9.17) is 0 Å². The van der Waals surface area contributed by atoms with Crippen molar-refractivity contribution in [1.29, 1.82) is 0 Å². The third-order valence-corrected chi connectivity index (χ3v) is 5.32. The molecule has 2 aromatic rings. The summed E-state index contributed by atoms with van der Waals surface area (Å²) < 4.78 is 16.5.